The topological polar surface area (TPSA) is 46.9 Å². The molecule has 0 saturated heterocycles. The number of nitrogens with zero attached hydrogens (tertiary/aromatic N) is 2. The van der Waals surface area contributed by atoms with Crippen LogP contribution in [-0.2, 0) is 6.54 Å². The molecule has 1 atom stereocenters. The largest absolute Gasteiger partial charge is 0.380 e. The first kappa shape index (κ1) is 13.6. The third kappa shape index (κ3) is 3.34. The van der Waals surface area contributed by atoms with E-state index in [0.29, 0.717) is 16.4 Å². The van der Waals surface area contributed by atoms with Crippen molar-refractivity contribution in [3.05, 3.63) is 21.0 Å². The molecule has 0 bridgehead atoms. The van der Waals surface area contributed by atoms with E-state index in [1.165, 1.54) is 12.8 Å². The molecule has 0 radical (unpaired) electrons. The highest BCUT2D eigenvalue weighted by atomic mass is 79.9. The maximum atomic E-state index is 12.1. The van der Waals surface area contributed by atoms with Crippen LogP contribution in [0.3, 0.4) is 0 Å². The molecule has 0 aliphatic heterocycles. The van der Waals surface area contributed by atoms with Gasteiger partial charge in [0.05, 0.1) is 11.9 Å². The zero-order valence-electron chi connectivity index (χ0n) is 10.9. The van der Waals surface area contributed by atoms with Crippen LogP contribution in [-0.4, -0.2) is 15.8 Å². The Morgan fingerprint density at radius 2 is 2.33 bits per heavy atom. The lowest BCUT2D eigenvalue weighted by molar-refractivity contribution is 0.531. The fraction of sp³-hybridized carbons (Fsp3) is 0.692. The fourth-order valence-corrected chi connectivity index (χ4v) is 2.43. The van der Waals surface area contributed by atoms with Gasteiger partial charge in [0.15, 0.2) is 0 Å². The molecule has 1 aromatic rings. The van der Waals surface area contributed by atoms with Gasteiger partial charge in [-0.15, -0.1) is 0 Å². The van der Waals surface area contributed by atoms with Crippen molar-refractivity contribution >= 4 is 21.6 Å². The molecule has 0 amide bonds. The normalized spacial score (nSPS) is 16.6. The van der Waals surface area contributed by atoms with Crippen LogP contribution in [0.15, 0.2) is 15.5 Å². The Morgan fingerprint density at radius 3 is 2.94 bits per heavy atom. The summed E-state index contributed by atoms with van der Waals surface area (Å²) in [6.45, 7) is 5.02. The summed E-state index contributed by atoms with van der Waals surface area (Å²) < 4.78 is 2.17. The predicted molar refractivity (Wildman–Crippen MR) is 76.9 cm³/mol. The standard InChI is InChI=1S/C13H20BrN3O/c1-3-4-9(2)16-11-7-15-17(8-10-5-6-10)13(18)12(11)14/h7,9-10,16H,3-6,8H2,1-2H3. The summed E-state index contributed by atoms with van der Waals surface area (Å²) in [5, 5.41) is 7.57. The summed E-state index contributed by atoms with van der Waals surface area (Å²) in [5.41, 5.74) is 0.767. The Morgan fingerprint density at radius 1 is 1.61 bits per heavy atom. The molecule has 5 heteroatoms. The van der Waals surface area contributed by atoms with E-state index in [9.17, 15) is 4.79 Å². The molecule has 2 rings (SSSR count). The highest BCUT2D eigenvalue weighted by Crippen LogP contribution is 2.30. The summed E-state index contributed by atoms with van der Waals surface area (Å²) in [5.74, 6) is 0.653. The lowest BCUT2D eigenvalue weighted by Gasteiger charge is -2.15. The molecule has 18 heavy (non-hydrogen) atoms. The second kappa shape index (κ2) is 5.87. The van der Waals surface area contributed by atoms with Crippen LogP contribution in [0.25, 0.3) is 0 Å². The first-order chi connectivity index (χ1) is 8.61. The van der Waals surface area contributed by atoms with Crippen LogP contribution in [0.1, 0.15) is 39.5 Å². The Hall–Kier alpha value is -0.840. The Kier molecular flexibility index (Phi) is 4.43. The van der Waals surface area contributed by atoms with Crippen LogP contribution in [0.4, 0.5) is 5.69 Å². The van der Waals surface area contributed by atoms with E-state index in [-0.39, 0.29) is 5.56 Å². The van der Waals surface area contributed by atoms with Gasteiger partial charge in [-0.2, -0.15) is 5.10 Å². The summed E-state index contributed by atoms with van der Waals surface area (Å²) in [7, 11) is 0. The van der Waals surface area contributed by atoms with E-state index < -0.39 is 0 Å². The maximum Gasteiger partial charge on any atom is 0.283 e. The highest BCUT2D eigenvalue weighted by molar-refractivity contribution is 9.10. The second-order valence-corrected chi connectivity index (χ2v) is 5.93. The quantitative estimate of drug-likeness (QED) is 0.878. The highest BCUT2D eigenvalue weighted by Gasteiger charge is 2.23. The molecule has 100 valence electrons. The summed E-state index contributed by atoms with van der Waals surface area (Å²) >= 11 is 3.39. The van der Waals surface area contributed by atoms with E-state index in [1.54, 1.807) is 10.9 Å². The number of halogens is 1. The maximum absolute atomic E-state index is 12.1. The van der Waals surface area contributed by atoms with Gasteiger partial charge in [0, 0.05) is 12.6 Å². The number of nitrogens with one attached hydrogen (secondary N) is 1. The van der Waals surface area contributed by atoms with Gasteiger partial charge >= 0.3 is 0 Å². The van der Waals surface area contributed by atoms with Gasteiger partial charge in [-0.3, -0.25) is 4.79 Å². The number of rotatable bonds is 6. The first-order valence-electron chi connectivity index (χ1n) is 6.64. The number of hydrogen-bond acceptors (Lipinski definition) is 3. The number of hydrogen-bond donors (Lipinski definition) is 1. The molecule has 1 unspecified atom stereocenters. The zero-order chi connectivity index (χ0) is 13.1. The lowest BCUT2D eigenvalue weighted by atomic mass is 10.2. The predicted octanol–water partition coefficient (Wildman–Crippen LogP) is 3.02. The van der Waals surface area contributed by atoms with Crippen molar-refractivity contribution < 1.29 is 0 Å². The Balaban J connectivity index is 2.12. The average Bonchev–Trinajstić information content (AvgIpc) is 3.13. The van der Waals surface area contributed by atoms with E-state index in [2.05, 4.69) is 40.2 Å². The molecule has 1 fully saturated rings. The molecule has 1 N–H and O–H groups in total. The summed E-state index contributed by atoms with van der Waals surface area (Å²) in [6, 6.07) is 0.354. The second-order valence-electron chi connectivity index (χ2n) is 5.14. The van der Waals surface area contributed by atoms with Crippen molar-refractivity contribution in [2.45, 2.75) is 52.1 Å². The van der Waals surface area contributed by atoms with Crippen molar-refractivity contribution in [3.8, 4) is 0 Å². The third-order valence-electron chi connectivity index (χ3n) is 3.24. The molecular formula is C13H20BrN3O. The van der Waals surface area contributed by atoms with Crippen molar-refractivity contribution in [2.24, 2.45) is 5.92 Å². The van der Waals surface area contributed by atoms with Crippen LogP contribution in [0.5, 0.6) is 0 Å². The van der Waals surface area contributed by atoms with Gasteiger partial charge in [-0.1, -0.05) is 13.3 Å². The van der Waals surface area contributed by atoms with Gasteiger partial charge < -0.3 is 5.32 Å². The first-order valence-corrected chi connectivity index (χ1v) is 7.43. The molecule has 4 nitrogen and oxygen atoms in total. The lowest BCUT2D eigenvalue weighted by Crippen LogP contribution is -2.26. The van der Waals surface area contributed by atoms with Crippen molar-refractivity contribution in [3.63, 3.8) is 0 Å². The van der Waals surface area contributed by atoms with Crippen molar-refractivity contribution in [2.75, 3.05) is 5.32 Å². The van der Waals surface area contributed by atoms with Crippen molar-refractivity contribution in [1.82, 2.24) is 9.78 Å². The van der Waals surface area contributed by atoms with Gasteiger partial charge in [0.25, 0.3) is 5.56 Å². The minimum absolute atomic E-state index is 0.0319. The Bertz CT molecular complexity index is 468. The molecule has 0 aromatic carbocycles. The minimum atomic E-state index is -0.0319. The molecule has 1 heterocycles. The Labute approximate surface area is 116 Å². The molecular weight excluding hydrogens is 294 g/mol. The molecule has 1 aliphatic rings. The van der Waals surface area contributed by atoms with Crippen LogP contribution in [0.2, 0.25) is 0 Å². The van der Waals surface area contributed by atoms with E-state index in [4.69, 9.17) is 0 Å². The van der Waals surface area contributed by atoms with Crippen LogP contribution >= 0.6 is 15.9 Å². The smallest absolute Gasteiger partial charge is 0.283 e. The minimum Gasteiger partial charge on any atom is -0.380 e. The average molecular weight is 314 g/mol. The number of anilines is 1. The monoisotopic (exact) mass is 313 g/mol. The van der Waals surface area contributed by atoms with Gasteiger partial charge in [-0.25, -0.2) is 4.68 Å². The van der Waals surface area contributed by atoms with Gasteiger partial charge in [-0.05, 0) is 48.0 Å². The van der Waals surface area contributed by atoms with E-state index >= 15 is 0 Å². The number of aromatic nitrogens is 2. The third-order valence-corrected chi connectivity index (χ3v) is 4.00. The summed E-state index contributed by atoms with van der Waals surface area (Å²) in [4.78, 5) is 12.1. The molecule has 1 aliphatic carbocycles. The van der Waals surface area contributed by atoms with Crippen LogP contribution in [0, 0.1) is 5.92 Å². The zero-order valence-corrected chi connectivity index (χ0v) is 12.5. The molecule has 1 aromatic heterocycles. The van der Waals surface area contributed by atoms with E-state index in [1.807, 2.05) is 0 Å². The van der Waals surface area contributed by atoms with Crippen LogP contribution < -0.4 is 10.9 Å². The SMILES string of the molecule is CCCC(C)Nc1cnn(CC2CC2)c(=O)c1Br. The fourth-order valence-electron chi connectivity index (χ4n) is 2.01. The van der Waals surface area contributed by atoms with Gasteiger partial charge in [0.1, 0.15) is 4.47 Å². The molecule has 1 saturated carbocycles. The van der Waals surface area contributed by atoms with Gasteiger partial charge in [0.2, 0.25) is 0 Å². The van der Waals surface area contributed by atoms with E-state index in [0.717, 1.165) is 25.1 Å². The van der Waals surface area contributed by atoms with Crippen molar-refractivity contribution in [1.29, 1.82) is 0 Å². The molecule has 0 spiro atoms. The summed E-state index contributed by atoms with van der Waals surface area (Å²) in [6.07, 6.45) is 6.40.